The Morgan fingerprint density at radius 3 is 2.23 bits per heavy atom. The maximum atomic E-state index is 11.6. The van der Waals surface area contributed by atoms with E-state index in [4.69, 9.17) is 49.0 Å². The molecular formula is C12H16Cl3NO6. The summed E-state index contributed by atoms with van der Waals surface area (Å²) in [5, 5.41) is 2.39. The lowest BCUT2D eigenvalue weighted by Crippen LogP contribution is -2.53. The van der Waals surface area contributed by atoms with E-state index in [0.717, 1.165) is 0 Å². The van der Waals surface area contributed by atoms with Crippen molar-refractivity contribution < 1.29 is 28.6 Å². The minimum atomic E-state index is -2.12. The van der Waals surface area contributed by atoms with Crippen LogP contribution in [0.15, 0.2) is 0 Å². The average molecular weight is 377 g/mol. The van der Waals surface area contributed by atoms with Gasteiger partial charge in [0.25, 0.3) is 9.70 Å². The van der Waals surface area contributed by atoms with Gasteiger partial charge in [0.05, 0.1) is 13.2 Å². The molecule has 0 radical (unpaired) electrons. The Balaban J connectivity index is 2.82. The minimum absolute atomic E-state index is 0.0116. The fraction of sp³-hybridized carbons (Fsp3) is 0.750. The van der Waals surface area contributed by atoms with Crippen LogP contribution in [-0.4, -0.2) is 52.6 Å². The Bertz CT molecular complexity index is 466. The lowest BCUT2D eigenvalue weighted by Gasteiger charge is -2.31. The van der Waals surface area contributed by atoms with Crippen LogP contribution in [0.3, 0.4) is 0 Å². The van der Waals surface area contributed by atoms with Crippen molar-refractivity contribution in [3.63, 3.8) is 0 Å². The number of nitrogens with one attached hydrogen (secondary N) is 1. The van der Waals surface area contributed by atoms with Crippen LogP contribution in [0.2, 0.25) is 0 Å². The van der Waals surface area contributed by atoms with Gasteiger partial charge in [-0.2, -0.15) is 0 Å². The molecule has 0 aliphatic carbocycles. The molecular weight excluding hydrogens is 360 g/mol. The van der Waals surface area contributed by atoms with Crippen molar-refractivity contribution in [1.29, 1.82) is 0 Å². The second-order valence-corrected chi connectivity index (χ2v) is 7.26. The highest BCUT2D eigenvalue weighted by Gasteiger charge is 2.51. The van der Waals surface area contributed by atoms with E-state index in [1.54, 1.807) is 6.92 Å². The lowest BCUT2D eigenvalue weighted by atomic mass is 9.97. The summed E-state index contributed by atoms with van der Waals surface area (Å²) in [4.78, 5) is 33.9. The number of carbonyl (C=O) groups excluding carboxylic acids is 3. The van der Waals surface area contributed by atoms with Crippen molar-refractivity contribution in [1.82, 2.24) is 5.32 Å². The van der Waals surface area contributed by atoms with Crippen LogP contribution in [0.1, 0.15) is 20.8 Å². The number of carbonyl (C=O) groups is 3. The molecule has 0 spiro atoms. The summed E-state index contributed by atoms with van der Waals surface area (Å²) in [6, 6.07) is 0. The second-order valence-electron chi connectivity index (χ2n) is 4.98. The van der Waals surface area contributed by atoms with Crippen LogP contribution in [0.25, 0.3) is 0 Å². The van der Waals surface area contributed by atoms with Gasteiger partial charge in [0.2, 0.25) is 0 Å². The first kappa shape index (κ1) is 19.3. The molecule has 1 aliphatic rings. The van der Waals surface area contributed by atoms with E-state index in [9.17, 15) is 14.4 Å². The Kier molecular flexibility index (Phi) is 6.32. The second kappa shape index (κ2) is 7.21. The number of hydrogen-bond acceptors (Lipinski definition) is 6. The van der Waals surface area contributed by atoms with Crippen molar-refractivity contribution in [3.8, 4) is 0 Å². The third-order valence-corrected chi connectivity index (χ3v) is 3.50. The maximum absolute atomic E-state index is 11.6. The standard InChI is InChI=1S/C12H16Cl3NO6/c1-6(17)21-8-4-20-11(3,9(8)22-7(2)18)5-16-10(19)12(13,14)15/h8-9H,4-5H2,1-3H3,(H,16,19)/t8-,9-,11+/m1/s1. The van der Waals surface area contributed by atoms with Crippen molar-refractivity contribution in [2.75, 3.05) is 13.2 Å². The molecule has 126 valence electrons. The Hall–Kier alpha value is -0.760. The molecule has 0 saturated carbocycles. The number of esters is 2. The largest absolute Gasteiger partial charge is 0.456 e. The number of halogens is 3. The fourth-order valence-corrected chi connectivity index (χ4v) is 2.23. The van der Waals surface area contributed by atoms with Gasteiger partial charge in [-0.3, -0.25) is 14.4 Å². The fourth-order valence-electron chi connectivity index (χ4n) is 2.03. The molecule has 0 aromatic carbocycles. The van der Waals surface area contributed by atoms with Gasteiger partial charge in [0.1, 0.15) is 5.60 Å². The van der Waals surface area contributed by atoms with Gasteiger partial charge in [0, 0.05) is 13.8 Å². The predicted octanol–water partition coefficient (Wildman–Crippen LogP) is 1.13. The molecule has 22 heavy (non-hydrogen) atoms. The summed E-state index contributed by atoms with van der Waals surface area (Å²) in [5.74, 6) is -1.97. The zero-order valence-corrected chi connectivity index (χ0v) is 14.4. The lowest BCUT2D eigenvalue weighted by molar-refractivity contribution is -0.167. The quantitative estimate of drug-likeness (QED) is 0.584. The summed E-state index contributed by atoms with van der Waals surface area (Å²) in [6.07, 6.45) is -1.68. The van der Waals surface area contributed by atoms with Gasteiger partial charge in [-0.25, -0.2) is 0 Å². The molecule has 3 atom stereocenters. The Morgan fingerprint density at radius 2 is 1.77 bits per heavy atom. The van der Waals surface area contributed by atoms with Crippen LogP contribution < -0.4 is 5.32 Å². The first-order chi connectivity index (χ1) is 9.95. The molecule has 0 aromatic heterocycles. The average Bonchev–Trinajstić information content (AvgIpc) is 2.63. The monoisotopic (exact) mass is 375 g/mol. The van der Waals surface area contributed by atoms with E-state index >= 15 is 0 Å². The molecule has 1 rings (SSSR count). The van der Waals surface area contributed by atoms with E-state index < -0.39 is 39.4 Å². The van der Waals surface area contributed by atoms with Gasteiger partial charge < -0.3 is 19.5 Å². The summed E-state index contributed by atoms with van der Waals surface area (Å²) < 4.78 is 13.6. The zero-order chi connectivity index (χ0) is 17.1. The molecule has 1 amide bonds. The molecule has 0 aromatic rings. The van der Waals surface area contributed by atoms with Crippen LogP contribution in [-0.2, 0) is 28.6 Å². The minimum Gasteiger partial charge on any atom is -0.456 e. The smallest absolute Gasteiger partial charge is 0.303 e. The van der Waals surface area contributed by atoms with Crippen LogP contribution in [0.4, 0.5) is 0 Å². The Labute approximate surface area is 142 Å². The normalized spacial score (nSPS) is 28.1. The zero-order valence-electron chi connectivity index (χ0n) is 12.2. The summed E-state index contributed by atoms with van der Waals surface area (Å²) in [6.45, 7) is 3.93. The third-order valence-electron chi connectivity index (χ3n) is 2.98. The number of amides is 1. The maximum Gasteiger partial charge on any atom is 0.303 e. The first-order valence-electron chi connectivity index (χ1n) is 6.29. The number of ether oxygens (including phenoxy) is 3. The van der Waals surface area contributed by atoms with Crippen LogP contribution >= 0.6 is 34.8 Å². The molecule has 0 bridgehead atoms. The van der Waals surface area contributed by atoms with E-state index in [-0.39, 0.29) is 13.2 Å². The summed E-state index contributed by atoms with van der Waals surface area (Å²) in [5.41, 5.74) is -1.13. The molecule has 1 N–H and O–H groups in total. The molecule has 1 heterocycles. The highest BCUT2D eigenvalue weighted by Crippen LogP contribution is 2.31. The van der Waals surface area contributed by atoms with E-state index in [0.29, 0.717) is 0 Å². The van der Waals surface area contributed by atoms with Crippen LogP contribution in [0.5, 0.6) is 0 Å². The predicted molar refractivity (Wildman–Crippen MR) is 78.8 cm³/mol. The molecule has 1 saturated heterocycles. The number of rotatable bonds is 4. The van der Waals surface area contributed by atoms with Crippen molar-refractivity contribution in [3.05, 3.63) is 0 Å². The van der Waals surface area contributed by atoms with E-state index in [1.165, 1.54) is 13.8 Å². The molecule has 0 unspecified atom stereocenters. The highest BCUT2D eigenvalue weighted by atomic mass is 35.6. The molecule has 1 aliphatic heterocycles. The molecule has 7 nitrogen and oxygen atoms in total. The van der Waals surface area contributed by atoms with Gasteiger partial charge in [-0.1, -0.05) is 34.8 Å². The summed E-state index contributed by atoms with van der Waals surface area (Å²) >= 11 is 16.4. The van der Waals surface area contributed by atoms with Gasteiger partial charge >= 0.3 is 11.9 Å². The summed E-state index contributed by atoms with van der Waals surface area (Å²) in [7, 11) is 0. The SMILES string of the molecule is CC(=O)O[C@@H]1[C@H](OC(C)=O)CO[C@@]1(C)CNC(=O)C(Cl)(Cl)Cl. The third kappa shape index (κ3) is 5.15. The van der Waals surface area contributed by atoms with Crippen molar-refractivity contribution in [2.24, 2.45) is 0 Å². The number of hydrogen-bond donors (Lipinski definition) is 1. The van der Waals surface area contributed by atoms with Gasteiger partial charge in [-0.05, 0) is 6.92 Å². The van der Waals surface area contributed by atoms with Crippen LogP contribution in [0, 0.1) is 0 Å². The van der Waals surface area contributed by atoms with Gasteiger partial charge in [-0.15, -0.1) is 0 Å². The van der Waals surface area contributed by atoms with Crippen molar-refractivity contribution >= 4 is 52.6 Å². The van der Waals surface area contributed by atoms with E-state index in [2.05, 4.69) is 5.32 Å². The van der Waals surface area contributed by atoms with Crippen molar-refractivity contribution in [2.45, 2.75) is 42.4 Å². The molecule has 10 heteroatoms. The topological polar surface area (TPSA) is 90.9 Å². The first-order valence-corrected chi connectivity index (χ1v) is 7.42. The van der Waals surface area contributed by atoms with E-state index in [1.807, 2.05) is 0 Å². The highest BCUT2D eigenvalue weighted by molar-refractivity contribution is 6.76. The van der Waals surface area contributed by atoms with Gasteiger partial charge in [0.15, 0.2) is 12.2 Å². The molecule has 1 fully saturated rings. The Morgan fingerprint density at radius 1 is 1.23 bits per heavy atom. The number of alkyl halides is 3.